The fraction of sp³-hybridized carbons (Fsp3) is 0.500. The van der Waals surface area contributed by atoms with Gasteiger partial charge in [0.25, 0.3) is 0 Å². The number of hydrogen-bond donors (Lipinski definition) is 1. The van der Waals surface area contributed by atoms with Gasteiger partial charge in [-0.25, -0.2) is 0 Å². The summed E-state index contributed by atoms with van der Waals surface area (Å²) in [6, 6.07) is 0. The number of rotatable bonds is 7. The van der Waals surface area contributed by atoms with Gasteiger partial charge in [0, 0.05) is 6.21 Å². The van der Waals surface area contributed by atoms with Crippen LogP contribution in [0, 0.1) is 5.41 Å². The number of unbranched alkanes of at least 4 members (excludes halogenated alkanes) is 1. The largest absolute Gasteiger partial charge is 0.309 e. The fourth-order valence-electron chi connectivity index (χ4n) is 1.01. The van der Waals surface area contributed by atoms with Crippen LogP contribution < -0.4 is 0 Å². The Hall–Kier alpha value is -1.11. The lowest BCUT2D eigenvalue weighted by Gasteiger charge is -1.96. The van der Waals surface area contributed by atoms with Gasteiger partial charge in [0.1, 0.15) is 0 Å². The second-order valence-electron chi connectivity index (χ2n) is 2.89. The van der Waals surface area contributed by atoms with Crippen molar-refractivity contribution in [2.75, 3.05) is 0 Å². The molecular formula is C14H25N. The smallest absolute Gasteiger partial charge is 0.0177 e. The van der Waals surface area contributed by atoms with Crippen LogP contribution in [0.25, 0.3) is 0 Å². The second-order valence-corrected chi connectivity index (χ2v) is 2.89. The molecule has 0 aromatic carbocycles. The van der Waals surface area contributed by atoms with E-state index < -0.39 is 0 Å². The van der Waals surface area contributed by atoms with Gasteiger partial charge in [-0.15, -0.1) is 6.58 Å². The predicted molar refractivity (Wildman–Crippen MR) is 71.7 cm³/mol. The Morgan fingerprint density at radius 2 is 1.87 bits per heavy atom. The highest BCUT2D eigenvalue weighted by Crippen LogP contribution is 2.06. The van der Waals surface area contributed by atoms with Crippen LogP contribution in [-0.2, 0) is 0 Å². The molecule has 0 spiro atoms. The average molecular weight is 207 g/mol. The van der Waals surface area contributed by atoms with E-state index in [4.69, 9.17) is 5.41 Å². The van der Waals surface area contributed by atoms with Crippen LogP contribution in [-0.4, -0.2) is 6.21 Å². The molecule has 0 saturated carbocycles. The molecule has 1 nitrogen and oxygen atoms in total. The van der Waals surface area contributed by atoms with E-state index in [2.05, 4.69) is 25.7 Å². The van der Waals surface area contributed by atoms with Crippen molar-refractivity contribution in [3.63, 3.8) is 0 Å². The summed E-state index contributed by atoms with van der Waals surface area (Å²) in [5.74, 6) is 0. The van der Waals surface area contributed by atoms with Crippen molar-refractivity contribution in [2.24, 2.45) is 0 Å². The van der Waals surface area contributed by atoms with Crippen molar-refractivity contribution < 1.29 is 0 Å². The van der Waals surface area contributed by atoms with E-state index in [0.717, 1.165) is 25.7 Å². The van der Waals surface area contributed by atoms with Gasteiger partial charge < -0.3 is 5.41 Å². The molecule has 0 rings (SSSR count). The topological polar surface area (TPSA) is 23.9 Å². The van der Waals surface area contributed by atoms with E-state index in [1.807, 2.05) is 26.0 Å². The molecule has 1 heteroatoms. The molecule has 86 valence electrons. The van der Waals surface area contributed by atoms with Gasteiger partial charge in [0.2, 0.25) is 0 Å². The Morgan fingerprint density at radius 3 is 2.33 bits per heavy atom. The first-order valence-corrected chi connectivity index (χ1v) is 5.79. The quantitative estimate of drug-likeness (QED) is 0.348. The lowest BCUT2D eigenvalue weighted by Crippen LogP contribution is -1.79. The highest BCUT2D eigenvalue weighted by atomic mass is 14.3. The zero-order chi connectivity index (χ0) is 11.9. The van der Waals surface area contributed by atoms with Gasteiger partial charge in [-0.3, -0.25) is 0 Å². The third-order valence-corrected chi connectivity index (χ3v) is 1.86. The molecule has 0 aliphatic rings. The molecule has 0 aromatic heterocycles. The van der Waals surface area contributed by atoms with Crippen molar-refractivity contribution >= 4 is 6.21 Å². The van der Waals surface area contributed by atoms with Crippen LogP contribution in [0.3, 0.4) is 0 Å². The Kier molecular flexibility index (Phi) is 16.7. The maximum absolute atomic E-state index is 6.94. The van der Waals surface area contributed by atoms with Crippen molar-refractivity contribution in [2.45, 2.75) is 46.5 Å². The normalized spacial score (nSPS) is 10.7. The Morgan fingerprint density at radius 1 is 1.20 bits per heavy atom. The molecule has 0 unspecified atom stereocenters. The average Bonchev–Trinajstić information content (AvgIpc) is 2.30. The number of nitrogens with one attached hydrogen (secondary N) is 1. The third-order valence-electron chi connectivity index (χ3n) is 1.86. The van der Waals surface area contributed by atoms with Gasteiger partial charge in [0.15, 0.2) is 0 Å². The number of allylic oxidation sites excluding steroid dienone is 5. The van der Waals surface area contributed by atoms with Gasteiger partial charge in [-0.2, -0.15) is 0 Å². The zero-order valence-corrected chi connectivity index (χ0v) is 10.4. The van der Waals surface area contributed by atoms with Crippen molar-refractivity contribution in [3.05, 3.63) is 36.5 Å². The summed E-state index contributed by atoms with van der Waals surface area (Å²) >= 11 is 0. The SMILES string of the molecule is C=CCC/C=C/C/C(=C\C=N)CC.CC. The summed E-state index contributed by atoms with van der Waals surface area (Å²) in [6.45, 7) is 9.78. The molecule has 0 heterocycles. The highest BCUT2D eigenvalue weighted by molar-refractivity contribution is 5.68. The molecule has 0 aliphatic heterocycles. The van der Waals surface area contributed by atoms with E-state index >= 15 is 0 Å². The minimum absolute atomic E-state index is 0.975. The van der Waals surface area contributed by atoms with Gasteiger partial charge in [-0.05, 0) is 31.8 Å². The molecular weight excluding hydrogens is 182 g/mol. The molecule has 0 saturated heterocycles. The monoisotopic (exact) mass is 207 g/mol. The van der Waals surface area contributed by atoms with E-state index in [0.29, 0.717) is 0 Å². The minimum Gasteiger partial charge on any atom is -0.309 e. The molecule has 0 fully saturated rings. The van der Waals surface area contributed by atoms with Crippen LogP contribution in [0.1, 0.15) is 46.5 Å². The van der Waals surface area contributed by atoms with Crippen LogP contribution in [0.15, 0.2) is 36.5 Å². The zero-order valence-electron chi connectivity index (χ0n) is 10.4. The highest BCUT2D eigenvalue weighted by Gasteiger charge is 1.87. The van der Waals surface area contributed by atoms with Crippen LogP contribution in [0.2, 0.25) is 0 Å². The van der Waals surface area contributed by atoms with Crippen LogP contribution in [0.5, 0.6) is 0 Å². The van der Waals surface area contributed by atoms with Gasteiger partial charge in [0.05, 0.1) is 0 Å². The van der Waals surface area contributed by atoms with E-state index in [1.54, 1.807) is 0 Å². The molecule has 1 N–H and O–H groups in total. The summed E-state index contributed by atoms with van der Waals surface area (Å²) in [5, 5.41) is 6.94. The first-order valence-electron chi connectivity index (χ1n) is 5.79. The van der Waals surface area contributed by atoms with Crippen LogP contribution in [0.4, 0.5) is 0 Å². The third kappa shape index (κ3) is 12.9. The first-order chi connectivity index (χ1) is 7.35. The maximum atomic E-state index is 6.94. The molecule has 0 aromatic rings. The molecule has 0 bridgehead atoms. The summed E-state index contributed by atoms with van der Waals surface area (Å²) in [7, 11) is 0. The van der Waals surface area contributed by atoms with E-state index in [-0.39, 0.29) is 0 Å². The van der Waals surface area contributed by atoms with Crippen LogP contribution >= 0.6 is 0 Å². The lowest BCUT2D eigenvalue weighted by molar-refractivity contribution is 1.01. The lowest BCUT2D eigenvalue weighted by atomic mass is 10.1. The fourth-order valence-corrected chi connectivity index (χ4v) is 1.01. The van der Waals surface area contributed by atoms with Gasteiger partial charge in [-0.1, -0.05) is 44.6 Å². The summed E-state index contributed by atoms with van der Waals surface area (Å²) in [5.41, 5.74) is 1.31. The molecule has 0 amide bonds. The van der Waals surface area contributed by atoms with Gasteiger partial charge >= 0.3 is 0 Å². The molecule has 0 radical (unpaired) electrons. The maximum Gasteiger partial charge on any atom is 0.0177 e. The Bertz CT molecular complexity index is 199. The molecule has 0 aliphatic carbocycles. The van der Waals surface area contributed by atoms with E-state index in [1.165, 1.54) is 11.8 Å². The predicted octanol–water partition coefficient (Wildman–Crippen LogP) is 4.91. The van der Waals surface area contributed by atoms with E-state index in [9.17, 15) is 0 Å². The van der Waals surface area contributed by atoms with Crippen molar-refractivity contribution in [1.82, 2.24) is 0 Å². The van der Waals surface area contributed by atoms with Crippen molar-refractivity contribution in [3.8, 4) is 0 Å². The molecule has 15 heavy (non-hydrogen) atoms. The summed E-state index contributed by atoms with van der Waals surface area (Å²) in [4.78, 5) is 0. The Balaban J connectivity index is 0. The Labute approximate surface area is 95.1 Å². The standard InChI is InChI=1S/C12H19N.C2H6/c1-3-5-6-7-8-9-12(4-2)10-11-13;1-2/h3,7-8,10-11,13H,1,4-6,9H2,2H3;1-2H3/b8-7+,12-10-,13-11?;. The second kappa shape index (κ2) is 15.4. The summed E-state index contributed by atoms with van der Waals surface area (Å²) in [6.07, 6.45) is 13.6. The number of hydrogen-bond acceptors (Lipinski definition) is 1. The summed E-state index contributed by atoms with van der Waals surface area (Å²) < 4.78 is 0. The minimum atomic E-state index is 0.975. The molecule has 0 atom stereocenters. The first kappa shape index (κ1) is 16.3. The van der Waals surface area contributed by atoms with Crippen molar-refractivity contribution in [1.29, 1.82) is 5.41 Å².